The Bertz CT molecular complexity index is 1040. The number of hydrogen-bond donors (Lipinski definition) is 2. The SMILES string of the molecule is O=C(COC(=O)CNS(=O)(=O)c1ccc2c(c1)OCCCO2)Nc1cccc(Br)c1. The fourth-order valence-corrected chi connectivity index (χ4v) is 3.89. The molecule has 2 aromatic rings. The minimum Gasteiger partial charge on any atom is -0.490 e. The van der Waals surface area contributed by atoms with Crippen LogP contribution in [-0.4, -0.2) is 46.7 Å². The first-order valence-corrected chi connectivity index (χ1v) is 11.2. The van der Waals surface area contributed by atoms with E-state index in [1.54, 1.807) is 24.3 Å². The molecule has 9 nitrogen and oxygen atoms in total. The number of amides is 1. The number of rotatable bonds is 7. The predicted molar refractivity (Wildman–Crippen MR) is 111 cm³/mol. The van der Waals surface area contributed by atoms with Gasteiger partial charge in [-0.05, 0) is 30.3 Å². The van der Waals surface area contributed by atoms with E-state index >= 15 is 0 Å². The van der Waals surface area contributed by atoms with Crippen LogP contribution in [0.25, 0.3) is 0 Å². The van der Waals surface area contributed by atoms with Crippen molar-refractivity contribution in [2.75, 3.05) is 31.7 Å². The van der Waals surface area contributed by atoms with E-state index in [4.69, 9.17) is 14.2 Å². The number of sulfonamides is 1. The molecule has 2 N–H and O–H groups in total. The quantitative estimate of drug-likeness (QED) is 0.560. The van der Waals surface area contributed by atoms with E-state index < -0.39 is 35.1 Å². The Kier molecular flexibility index (Phi) is 7.29. The van der Waals surface area contributed by atoms with Gasteiger partial charge in [-0.1, -0.05) is 22.0 Å². The average Bonchev–Trinajstić information content (AvgIpc) is 2.95. The zero-order chi connectivity index (χ0) is 21.6. The maximum atomic E-state index is 12.4. The van der Waals surface area contributed by atoms with Gasteiger partial charge in [-0.2, -0.15) is 4.72 Å². The van der Waals surface area contributed by atoms with Crippen LogP contribution in [0.1, 0.15) is 6.42 Å². The van der Waals surface area contributed by atoms with Crippen molar-refractivity contribution in [3.63, 3.8) is 0 Å². The number of halogens is 1. The van der Waals surface area contributed by atoms with Gasteiger partial charge in [-0.25, -0.2) is 8.42 Å². The van der Waals surface area contributed by atoms with Crippen molar-refractivity contribution >= 4 is 43.5 Å². The maximum absolute atomic E-state index is 12.4. The van der Waals surface area contributed by atoms with Gasteiger partial charge in [0.05, 0.1) is 18.1 Å². The number of anilines is 1. The monoisotopic (exact) mass is 498 g/mol. The molecule has 2 aromatic carbocycles. The van der Waals surface area contributed by atoms with Gasteiger partial charge >= 0.3 is 5.97 Å². The summed E-state index contributed by atoms with van der Waals surface area (Å²) in [7, 11) is -3.98. The highest BCUT2D eigenvalue weighted by molar-refractivity contribution is 9.10. The lowest BCUT2D eigenvalue weighted by molar-refractivity contribution is -0.146. The molecule has 160 valence electrons. The molecular weight excluding hydrogens is 480 g/mol. The van der Waals surface area contributed by atoms with E-state index in [1.807, 2.05) is 0 Å². The summed E-state index contributed by atoms with van der Waals surface area (Å²) in [6.45, 7) is -0.269. The molecule has 0 spiro atoms. The summed E-state index contributed by atoms with van der Waals surface area (Å²) in [5.74, 6) is -0.658. The summed E-state index contributed by atoms with van der Waals surface area (Å²) < 4.78 is 43.5. The third kappa shape index (κ3) is 6.18. The molecule has 0 aromatic heterocycles. The van der Waals surface area contributed by atoms with Gasteiger partial charge in [-0.15, -0.1) is 0 Å². The van der Waals surface area contributed by atoms with Crippen LogP contribution in [0, 0.1) is 0 Å². The van der Waals surface area contributed by atoms with Gasteiger partial charge in [0.15, 0.2) is 18.1 Å². The van der Waals surface area contributed by atoms with E-state index in [-0.39, 0.29) is 4.90 Å². The Hall–Kier alpha value is -2.63. The van der Waals surface area contributed by atoms with Crippen LogP contribution >= 0.6 is 15.9 Å². The van der Waals surface area contributed by atoms with Gasteiger partial charge in [0.25, 0.3) is 5.91 Å². The molecule has 11 heteroatoms. The largest absolute Gasteiger partial charge is 0.490 e. The number of hydrogen-bond acceptors (Lipinski definition) is 7. The van der Waals surface area contributed by atoms with E-state index in [9.17, 15) is 18.0 Å². The first-order chi connectivity index (χ1) is 14.3. The van der Waals surface area contributed by atoms with Crippen LogP contribution in [0.15, 0.2) is 51.8 Å². The normalized spacial score (nSPS) is 13.2. The minimum atomic E-state index is -3.98. The second kappa shape index (κ2) is 9.92. The summed E-state index contributed by atoms with van der Waals surface area (Å²) in [5.41, 5.74) is 0.528. The first-order valence-electron chi connectivity index (χ1n) is 8.94. The third-order valence-corrected chi connectivity index (χ3v) is 5.80. The molecule has 1 aliphatic rings. The molecule has 0 radical (unpaired) electrons. The van der Waals surface area contributed by atoms with Crippen molar-refractivity contribution in [2.24, 2.45) is 0 Å². The topological polar surface area (TPSA) is 120 Å². The zero-order valence-corrected chi connectivity index (χ0v) is 18.1. The smallest absolute Gasteiger partial charge is 0.321 e. The molecule has 1 aliphatic heterocycles. The molecule has 0 fully saturated rings. The van der Waals surface area contributed by atoms with Gasteiger partial charge in [0.2, 0.25) is 10.0 Å². The molecule has 0 bridgehead atoms. The van der Waals surface area contributed by atoms with E-state index in [1.165, 1.54) is 18.2 Å². The molecule has 0 aliphatic carbocycles. The predicted octanol–water partition coefficient (Wildman–Crippen LogP) is 2.07. The summed E-state index contributed by atoms with van der Waals surface area (Å²) in [6.07, 6.45) is 0.690. The number of esters is 1. The van der Waals surface area contributed by atoms with Gasteiger partial charge in [0, 0.05) is 22.6 Å². The van der Waals surface area contributed by atoms with E-state index in [0.717, 1.165) is 4.47 Å². The summed E-state index contributed by atoms with van der Waals surface area (Å²) in [4.78, 5) is 23.6. The molecule has 1 amide bonds. The van der Waals surface area contributed by atoms with Crippen molar-refractivity contribution in [2.45, 2.75) is 11.3 Å². The Morgan fingerprint density at radius 2 is 1.83 bits per heavy atom. The summed E-state index contributed by atoms with van der Waals surface area (Å²) in [6, 6.07) is 11.1. The fraction of sp³-hybridized carbons (Fsp3) is 0.263. The van der Waals surface area contributed by atoms with Crippen LogP contribution in [0.2, 0.25) is 0 Å². The molecule has 3 rings (SSSR count). The Balaban J connectivity index is 1.50. The molecule has 30 heavy (non-hydrogen) atoms. The standard InChI is InChI=1S/C19H19BrN2O7S/c20-13-3-1-4-14(9-13)22-18(23)12-29-19(24)11-21-30(25,26)15-5-6-16-17(10-15)28-8-2-7-27-16/h1,3-6,9-10,21H,2,7-8,11-12H2,(H,22,23). The number of carbonyl (C=O) groups excluding carboxylic acids is 2. The lowest BCUT2D eigenvalue weighted by atomic mass is 10.3. The highest BCUT2D eigenvalue weighted by Crippen LogP contribution is 2.31. The van der Waals surface area contributed by atoms with Crippen LogP contribution < -0.4 is 19.5 Å². The van der Waals surface area contributed by atoms with Gasteiger partial charge < -0.3 is 19.5 Å². The minimum absolute atomic E-state index is 0.0769. The first kappa shape index (κ1) is 22.1. The van der Waals surface area contributed by atoms with Crippen molar-refractivity contribution in [1.29, 1.82) is 0 Å². The number of nitrogens with one attached hydrogen (secondary N) is 2. The molecule has 0 saturated heterocycles. The average molecular weight is 499 g/mol. The lowest BCUT2D eigenvalue weighted by Gasteiger charge is -2.11. The van der Waals surface area contributed by atoms with E-state index in [2.05, 4.69) is 26.0 Å². The lowest BCUT2D eigenvalue weighted by Crippen LogP contribution is -2.32. The van der Waals surface area contributed by atoms with Gasteiger partial charge in [0.1, 0.15) is 6.54 Å². The number of carbonyl (C=O) groups is 2. The highest BCUT2D eigenvalue weighted by atomic mass is 79.9. The number of ether oxygens (including phenoxy) is 3. The Morgan fingerprint density at radius 3 is 2.60 bits per heavy atom. The molecule has 1 heterocycles. The van der Waals surface area contributed by atoms with Crippen molar-refractivity contribution in [3.05, 3.63) is 46.9 Å². The second-order valence-electron chi connectivity index (χ2n) is 6.20. The zero-order valence-electron chi connectivity index (χ0n) is 15.7. The number of fused-ring (bicyclic) bond motifs is 1. The van der Waals surface area contributed by atoms with Crippen molar-refractivity contribution < 1.29 is 32.2 Å². The van der Waals surface area contributed by atoms with Crippen LogP contribution in [0.4, 0.5) is 5.69 Å². The highest BCUT2D eigenvalue weighted by Gasteiger charge is 2.20. The summed E-state index contributed by atoms with van der Waals surface area (Å²) >= 11 is 3.28. The maximum Gasteiger partial charge on any atom is 0.321 e. The second-order valence-corrected chi connectivity index (χ2v) is 8.89. The fourth-order valence-electron chi connectivity index (χ4n) is 2.51. The molecule has 0 atom stereocenters. The summed E-state index contributed by atoms with van der Waals surface area (Å²) in [5, 5.41) is 2.56. The van der Waals surface area contributed by atoms with Gasteiger partial charge in [-0.3, -0.25) is 9.59 Å². The Morgan fingerprint density at radius 1 is 1.07 bits per heavy atom. The van der Waals surface area contributed by atoms with Crippen molar-refractivity contribution in [3.8, 4) is 11.5 Å². The van der Waals surface area contributed by atoms with Crippen LogP contribution in [0.3, 0.4) is 0 Å². The van der Waals surface area contributed by atoms with Crippen LogP contribution in [0.5, 0.6) is 11.5 Å². The van der Waals surface area contributed by atoms with E-state index in [0.29, 0.717) is 36.8 Å². The third-order valence-electron chi connectivity index (χ3n) is 3.91. The molecule has 0 unspecified atom stereocenters. The molecule has 0 saturated carbocycles. The van der Waals surface area contributed by atoms with Crippen molar-refractivity contribution in [1.82, 2.24) is 4.72 Å². The van der Waals surface area contributed by atoms with Crippen LogP contribution in [-0.2, 0) is 24.3 Å². The molecular formula is C19H19BrN2O7S. The number of benzene rings is 2. The Labute approximate surface area is 181 Å².